The second-order valence-corrected chi connectivity index (χ2v) is 6.95. The van der Waals surface area contributed by atoms with Crippen LogP contribution in [0, 0.1) is 17.8 Å². The molecule has 2 fully saturated rings. The fourth-order valence-electron chi connectivity index (χ4n) is 3.58. The van der Waals surface area contributed by atoms with Crippen LogP contribution in [0.5, 0.6) is 0 Å². The number of nitrogens with one attached hydrogen (secondary N) is 1. The predicted molar refractivity (Wildman–Crippen MR) is 78.8 cm³/mol. The Bertz CT molecular complexity index is 233. The molecular formula is C16H32N2. The summed E-state index contributed by atoms with van der Waals surface area (Å²) < 4.78 is 0. The maximum atomic E-state index is 3.82. The largest absolute Gasteiger partial charge is 0.314 e. The maximum Gasteiger partial charge on any atom is 0.00698 e. The van der Waals surface area contributed by atoms with E-state index in [0.717, 1.165) is 23.8 Å². The fourth-order valence-corrected chi connectivity index (χ4v) is 3.58. The van der Waals surface area contributed by atoms with Crippen LogP contribution in [0.25, 0.3) is 0 Å². The van der Waals surface area contributed by atoms with E-state index >= 15 is 0 Å². The first kappa shape index (κ1) is 14.3. The van der Waals surface area contributed by atoms with Gasteiger partial charge in [0, 0.05) is 6.04 Å². The molecule has 0 amide bonds. The van der Waals surface area contributed by atoms with Gasteiger partial charge < -0.3 is 10.2 Å². The topological polar surface area (TPSA) is 15.3 Å². The van der Waals surface area contributed by atoms with Crippen molar-refractivity contribution in [2.75, 3.05) is 26.7 Å². The van der Waals surface area contributed by atoms with Crippen LogP contribution in [0.2, 0.25) is 0 Å². The number of rotatable bonds is 4. The van der Waals surface area contributed by atoms with Crippen molar-refractivity contribution in [1.29, 1.82) is 0 Å². The SMILES string of the molecule is CC1CCC(NCCC2CCN(C)CC2)CC1C. The minimum Gasteiger partial charge on any atom is -0.314 e. The van der Waals surface area contributed by atoms with Crippen LogP contribution >= 0.6 is 0 Å². The molecule has 1 aliphatic heterocycles. The van der Waals surface area contributed by atoms with Crippen molar-refractivity contribution in [2.45, 2.75) is 58.4 Å². The molecule has 3 unspecified atom stereocenters. The van der Waals surface area contributed by atoms with E-state index in [1.165, 1.54) is 58.2 Å². The summed E-state index contributed by atoms with van der Waals surface area (Å²) in [5, 5.41) is 3.82. The smallest absolute Gasteiger partial charge is 0.00698 e. The van der Waals surface area contributed by atoms with E-state index in [9.17, 15) is 0 Å². The lowest BCUT2D eigenvalue weighted by Gasteiger charge is -2.33. The molecule has 0 radical (unpaired) electrons. The second-order valence-electron chi connectivity index (χ2n) is 6.95. The third-order valence-electron chi connectivity index (χ3n) is 5.42. The molecular weight excluding hydrogens is 220 g/mol. The molecule has 0 spiro atoms. The molecule has 2 rings (SSSR count). The molecule has 18 heavy (non-hydrogen) atoms. The zero-order chi connectivity index (χ0) is 13.0. The van der Waals surface area contributed by atoms with Gasteiger partial charge in [-0.05, 0) is 83.0 Å². The van der Waals surface area contributed by atoms with Gasteiger partial charge in [0.15, 0.2) is 0 Å². The Morgan fingerprint density at radius 3 is 2.39 bits per heavy atom. The highest BCUT2D eigenvalue weighted by atomic mass is 15.1. The maximum absolute atomic E-state index is 3.82. The van der Waals surface area contributed by atoms with E-state index in [2.05, 4.69) is 31.1 Å². The van der Waals surface area contributed by atoms with Crippen LogP contribution in [-0.2, 0) is 0 Å². The molecule has 0 bridgehead atoms. The molecule has 0 aromatic heterocycles. The van der Waals surface area contributed by atoms with Crippen molar-refractivity contribution in [2.24, 2.45) is 17.8 Å². The van der Waals surface area contributed by atoms with Crippen molar-refractivity contribution in [3.05, 3.63) is 0 Å². The highest BCUT2D eigenvalue weighted by molar-refractivity contribution is 4.80. The van der Waals surface area contributed by atoms with Crippen molar-refractivity contribution in [1.82, 2.24) is 10.2 Å². The quantitative estimate of drug-likeness (QED) is 0.827. The Hall–Kier alpha value is -0.0800. The molecule has 106 valence electrons. The minimum absolute atomic E-state index is 0.808. The summed E-state index contributed by atoms with van der Waals surface area (Å²) in [4.78, 5) is 2.47. The van der Waals surface area contributed by atoms with Crippen LogP contribution in [0.4, 0.5) is 0 Å². The third-order valence-corrected chi connectivity index (χ3v) is 5.42. The first-order chi connectivity index (χ1) is 8.65. The molecule has 1 aliphatic carbocycles. The average Bonchev–Trinajstić information content (AvgIpc) is 2.36. The van der Waals surface area contributed by atoms with Crippen molar-refractivity contribution < 1.29 is 0 Å². The van der Waals surface area contributed by atoms with E-state index in [4.69, 9.17) is 0 Å². The summed E-state index contributed by atoms with van der Waals surface area (Å²) in [6.45, 7) is 8.71. The first-order valence-electron chi connectivity index (χ1n) is 8.07. The molecule has 1 saturated carbocycles. The van der Waals surface area contributed by atoms with Gasteiger partial charge in [-0.2, -0.15) is 0 Å². The van der Waals surface area contributed by atoms with Gasteiger partial charge in [-0.15, -0.1) is 0 Å². The second kappa shape index (κ2) is 6.91. The molecule has 3 atom stereocenters. The molecule has 1 heterocycles. The molecule has 1 N–H and O–H groups in total. The van der Waals surface area contributed by atoms with E-state index in [1.807, 2.05) is 0 Å². The van der Waals surface area contributed by atoms with Gasteiger partial charge in [-0.3, -0.25) is 0 Å². The van der Waals surface area contributed by atoms with Gasteiger partial charge in [-0.25, -0.2) is 0 Å². The average molecular weight is 252 g/mol. The zero-order valence-electron chi connectivity index (χ0n) is 12.6. The molecule has 2 heteroatoms. The van der Waals surface area contributed by atoms with Gasteiger partial charge in [0.2, 0.25) is 0 Å². The molecule has 2 aliphatic rings. The lowest BCUT2D eigenvalue weighted by Crippen LogP contribution is -2.38. The van der Waals surface area contributed by atoms with Crippen LogP contribution < -0.4 is 5.32 Å². The van der Waals surface area contributed by atoms with E-state index in [-0.39, 0.29) is 0 Å². The summed E-state index contributed by atoms with van der Waals surface area (Å²) in [6.07, 6.45) is 8.45. The highest BCUT2D eigenvalue weighted by Crippen LogP contribution is 2.29. The normalized spacial score (nSPS) is 35.8. The highest BCUT2D eigenvalue weighted by Gasteiger charge is 2.24. The van der Waals surface area contributed by atoms with Crippen molar-refractivity contribution in [3.63, 3.8) is 0 Å². The number of likely N-dealkylation sites (tertiary alicyclic amines) is 1. The van der Waals surface area contributed by atoms with Crippen LogP contribution in [0.3, 0.4) is 0 Å². The Morgan fingerprint density at radius 1 is 1.00 bits per heavy atom. The zero-order valence-corrected chi connectivity index (χ0v) is 12.6. The molecule has 2 nitrogen and oxygen atoms in total. The lowest BCUT2D eigenvalue weighted by atomic mass is 9.79. The Labute approximate surface area is 114 Å². The van der Waals surface area contributed by atoms with Crippen molar-refractivity contribution >= 4 is 0 Å². The Kier molecular flexibility index (Phi) is 5.50. The van der Waals surface area contributed by atoms with Gasteiger partial charge in [0.1, 0.15) is 0 Å². The van der Waals surface area contributed by atoms with Crippen LogP contribution in [0.1, 0.15) is 52.4 Å². The summed E-state index contributed by atoms with van der Waals surface area (Å²) in [7, 11) is 2.25. The summed E-state index contributed by atoms with van der Waals surface area (Å²) in [5.41, 5.74) is 0. The summed E-state index contributed by atoms with van der Waals surface area (Å²) in [6, 6.07) is 0.808. The monoisotopic (exact) mass is 252 g/mol. The first-order valence-corrected chi connectivity index (χ1v) is 8.07. The van der Waals surface area contributed by atoms with Gasteiger partial charge in [0.05, 0.1) is 0 Å². The predicted octanol–water partition coefficient (Wildman–Crippen LogP) is 3.13. The third kappa shape index (κ3) is 4.24. The van der Waals surface area contributed by atoms with E-state index in [1.54, 1.807) is 0 Å². The summed E-state index contributed by atoms with van der Waals surface area (Å²) >= 11 is 0. The Balaban J connectivity index is 1.58. The molecule has 1 saturated heterocycles. The number of hydrogen-bond donors (Lipinski definition) is 1. The fraction of sp³-hybridized carbons (Fsp3) is 1.00. The molecule has 0 aromatic carbocycles. The molecule has 0 aromatic rings. The summed E-state index contributed by atoms with van der Waals surface area (Å²) in [5.74, 6) is 2.84. The van der Waals surface area contributed by atoms with Crippen LogP contribution in [0.15, 0.2) is 0 Å². The van der Waals surface area contributed by atoms with Gasteiger partial charge in [0.25, 0.3) is 0 Å². The van der Waals surface area contributed by atoms with E-state index < -0.39 is 0 Å². The van der Waals surface area contributed by atoms with Crippen molar-refractivity contribution in [3.8, 4) is 0 Å². The lowest BCUT2D eigenvalue weighted by molar-refractivity contribution is 0.199. The van der Waals surface area contributed by atoms with Gasteiger partial charge in [-0.1, -0.05) is 13.8 Å². The van der Waals surface area contributed by atoms with Gasteiger partial charge >= 0.3 is 0 Å². The Morgan fingerprint density at radius 2 is 1.72 bits per heavy atom. The number of piperidine rings is 1. The number of nitrogens with zero attached hydrogens (tertiary/aromatic N) is 1. The number of hydrogen-bond acceptors (Lipinski definition) is 2. The van der Waals surface area contributed by atoms with Crippen LogP contribution in [-0.4, -0.2) is 37.6 Å². The minimum atomic E-state index is 0.808. The standard InChI is InChI=1S/C16H32N2/c1-13-4-5-16(12-14(13)2)17-9-6-15-7-10-18(3)11-8-15/h13-17H,4-12H2,1-3H3. The van der Waals surface area contributed by atoms with E-state index in [0.29, 0.717) is 0 Å².